The molecule has 0 aromatic rings. The molecule has 0 bridgehead atoms. The van der Waals surface area contributed by atoms with Crippen molar-refractivity contribution in [3.05, 3.63) is 0 Å². The molecule has 2 atom stereocenters. The molecule has 0 saturated heterocycles. The van der Waals surface area contributed by atoms with Gasteiger partial charge in [0.1, 0.15) is 0 Å². The summed E-state index contributed by atoms with van der Waals surface area (Å²) in [5.41, 5.74) is 6.45. The zero-order valence-electron chi connectivity index (χ0n) is 9.83. The summed E-state index contributed by atoms with van der Waals surface area (Å²) in [6.07, 6.45) is 5.65. The Morgan fingerprint density at radius 2 is 2.27 bits per heavy atom. The number of carboxylic acid groups (broad SMARTS) is 1. The first-order valence-electron chi connectivity index (χ1n) is 5.88. The molecule has 2 unspecified atom stereocenters. The Bertz CT molecular complexity index is 226. The lowest BCUT2D eigenvalue weighted by Crippen LogP contribution is -2.36. The third-order valence-corrected chi connectivity index (χ3v) is 3.54. The van der Waals surface area contributed by atoms with Gasteiger partial charge in [0, 0.05) is 12.5 Å². The highest BCUT2D eigenvalue weighted by atomic mass is 16.4. The molecule has 1 aliphatic carbocycles. The Morgan fingerprint density at radius 3 is 2.80 bits per heavy atom. The number of carbonyl (C=O) groups is 1. The van der Waals surface area contributed by atoms with Crippen LogP contribution in [0.4, 0.5) is 0 Å². The fourth-order valence-corrected chi connectivity index (χ4v) is 2.65. The zero-order chi connectivity index (χ0) is 11.5. The second-order valence-corrected chi connectivity index (χ2v) is 5.62. The van der Waals surface area contributed by atoms with Crippen molar-refractivity contribution in [2.75, 3.05) is 0 Å². The predicted molar refractivity (Wildman–Crippen MR) is 60.6 cm³/mol. The molecule has 1 aliphatic rings. The van der Waals surface area contributed by atoms with Crippen LogP contribution in [0.3, 0.4) is 0 Å². The first-order valence-corrected chi connectivity index (χ1v) is 5.88. The van der Waals surface area contributed by atoms with E-state index in [0.29, 0.717) is 17.8 Å². The van der Waals surface area contributed by atoms with Gasteiger partial charge in [0.15, 0.2) is 0 Å². The van der Waals surface area contributed by atoms with Crippen molar-refractivity contribution in [3.63, 3.8) is 0 Å². The lowest BCUT2D eigenvalue weighted by Gasteiger charge is -2.37. The molecule has 1 fully saturated rings. The van der Waals surface area contributed by atoms with Gasteiger partial charge in [-0.3, -0.25) is 4.79 Å². The summed E-state index contributed by atoms with van der Waals surface area (Å²) in [5, 5.41) is 8.61. The highest BCUT2D eigenvalue weighted by molar-refractivity contribution is 5.66. The normalized spacial score (nSPS) is 27.3. The molecule has 0 radical (unpaired) electrons. The molecule has 3 heteroatoms. The largest absolute Gasteiger partial charge is 0.481 e. The Labute approximate surface area is 92.0 Å². The molecule has 15 heavy (non-hydrogen) atoms. The summed E-state index contributed by atoms with van der Waals surface area (Å²) < 4.78 is 0. The lowest BCUT2D eigenvalue weighted by molar-refractivity contribution is -0.137. The van der Waals surface area contributed by atoms with E-state index >= 15 is 0 Å². The summed E-state index contributed by atoms with van der Waals surface area (Å²) in [4.78, 5) is 10.5. The van der Waals surface area contributed by atoms with Crippen molar-refractivity contribution in [1.82, 2.24) is 0 Å². The van der Waals surface area contributed by atoms with Crippen LogP contribution in [-0.4, -0.2) is 17.1 Å². The average molecular weight is 213 g/mol. The van der Waals surface area contributed by atoms with Crippen molar-refractivity contribution >= 4 is 5.97 Å². The minimum Gasteiger partial charge on any atom is -0.481 e. The van der Waals surface area contributed by atoms with Crippen LogP contribution >= 0.6 is 0 Å². The third kappa shape index (κ3) is 4.20. The number of rotatable bonds is 4. The molecule has 88 valence electrons. The van der Waals surface area contributed by atoms with Gasteiger partial charge in [-0.05, 0) is 37.0 Å². The highest BCUT2D eigenvalue weighted by Crippen LogP contribution is 2.40. The molecule has 0 aromatic carbocycles. The summed E-state index contributed by atoms with van der Waals surface area (Å²) in [7, 11) is 0. The van der Waals surface area contributed by atoms with Gasteiger partial charge in [0.05, 0.1) is 0 Å². The minimum absolute atomic E-state index is 0.0701. The summed E-state index contributed by atoms with van der Waals surface area (Å²) in [6, 6.07) is 0.0701. The molecular weight excluding hydrogens is 190 g/mol. The van der Waals surface area contributed by atoms with Gasteiger partial charge < -0.3 is 10.8 Å². The molecular formula is C12H23NO2. The fourth-order valence-electron chi connectivity index (χ4n) is 2.65. The van der Waals surface area contributed by atoms with Crippen molar-refractivity contribution < 1.29 is 9.90 Å². The molecule has 1 saturated carbocycles. The van der Waals surface area contributed by atoms with E-state index in [1.54, 1.807) is 0 Å². The molecule has 3 N–H and O–H groups in total. The van der Waals surface area contributed by atoms with Crippen LogP contribution in [0.25, 0.3) is 0 Å². The highest BCUT2D eigenvalue weighted by Gasteiger charge is 2.31. The van der Waals surface area contributed by atoms with Gasteiger partial charge >= 0.3 is 5.97 Å². The number of hydrogen-bond donors (Lipinski definition) is 2. The van der Waals surface area contributed by atoms with E-state index in [2.05, 4.69) is 13.8 Å². The minimum atomic E-state index is -0.736. The fraction of sp³-hybridized carbons (Fsp3) is 0.917. The average Bonchev–Trinajstić information content (AvgIpc) is 2.12. The van der Waals surface area contributed by atoms with Gasteiger partial charge in [0.2, 0.25) is 0 Å². The van der Waals surface area contributed by atoms with Gasteiger partial charge in [-0.2, -0.15) is 0 Å². The van der Waals surface area contributed by atoms with Gasteiger partial charge in [-0.15, -0.1) is 0 Å². The zero-order valence-corrected chi connectivity index (χ0v) is 9.83. The second kappa shape index (κ2) is 4.97. The van der Waals surface area contributed by atoms with Crippen LogP contribution in [0.2, 0.25) is 0 Å². The number of hydrogen-bond acceptors (Lipinski definition) is 2. The Balaban J connectivity index is 2.38. The van der Waals surface area contributed by atoms with Crippen molar-refractivity contribution in [1.29, 1.82) is 0 Å². The van der Waals surface area contributed by atoms with Crippen LogP contribution in [0, 0.1) is 11.3 Å². The number of nitrogens with two attached hydrogens (primary N) is 1. The van der Waals surface area contributed by atoms with Gasteiger partial charge in [-0.25, -0.2) is 0 Å². The van der Waals surface area contributed by atoms with Crippen LogP contribution in [0.15, 0.2) is 0 Å². The summed E-state index contributed by atoms with van der Waals surface area (Å²) in [6.45, 7) is 4.56. The Kier molecular flexibility index (Phi) is 4.14. The standard InChI is InChI=1S/C12H23NO2/c1-12(2)7-3-4-9(8-12)10(13)5-6-11(14)15/h9-10H,3-8,13H2,1-2H3,(H,14,15). The number of carboxylic acids is 1. The molecule has 0 aliphatic heterocycles. The van der Waals surface area contributed by atoms with Crippen molar-refractivity contribution in [3.8, 4) is 0 Å². The van der Waals surface area contributed by atoms with Crippen molar-refractivity contribution in [2.24, 2.45) is 17.1 Å². The van der Waals surface area contributed by atoms with Gasteiger partial charge in [0.25, 0.3) is 0 Å². The monoisotopic (exact) mass is 213 g/mol. The molecule has 1 rings (SSSR count). The van der Waals surface area contributed by atoms with E-state index in [-0.39, 0.29) is 12.5 Å². The first-order chi connectivity index (χ1) is 6.91. The van der Waals surface area contributed by atoms with E-state index < -0.39 is 5.97 Å². The van der Waals surface area contributed by atoms with E-state index in [1.807, 2.05) is 0 Å². The van der Waals surface area contributed by atoms with E-state index in [4.69, 9.17) is 10.8 Å². The third-order valence-electron chi connectivity index (χ3n) is 3.54. The van der Waals surface area contributed by atoms with Crippen LogP contribution in [-0.2, 0) is 4.79 Å². The second-order valence-electron chi connectivity index (χ2n) is 5.62. The molecule has 0 spiro atoms. The quantitative estimate of drug-likeness (QED) is 0.753. The van der Waals surface area contributed by atoms with E-state index in [0.717, 1.165) is 6.42 Å². The predicted octanol–water partition coefficient (Wildman–Crippen LogP) is 2.39. The molecule has 3 nitrogen and oxygen atoms in total. The number of aliphatic carboxylic acids is 1. The maximum absolute atomic E-state index is 10.5. The Hall–Kier alpha value is -0.570. The molecule has 0 heterocycles. The molecule has 0 aromatic heterocycles. The smallest absolute Gasteiger partial charge is 0.303 e. The molecule has 0 amide bonds. The van der Waals surface area contributed by atoms with Crippen molar-refractivity contribution in [2.45, 2.75) is 58.4 Å². The van der Waals surface area contributed by atoms with Crippen LogP contribution in [0.5, 0.6) is 0 Å². The Morgan fingerprint density at radius 1 is 1.60 bits per heavy atom. The van der Waals surface area contributed by atoms with E-state index in [9.17, 15) is 4.79 Å². The topological polar surface area (TPSA) is 63.3 Å². The van der Waals surface area contributed by atoms with E-state index in [1.165, 1.54) is 19.3 Å². The first kappa shape index (κ1) is 12.5. The maximum atomic E-state index is 10.5. The summed E-state index contributed by atoms with van der Waals surface area (Å²) in [5.74, 6) is -0.214. The van der Waals surface area contributed by atoms with Gasteiger partial charge in [-0.1, -0.05) is 20.3 Å². The summed E-state index contributed by atoms with van der Waals surface area (Å²) >= 11 is 0. The van der Waals surface area contributed by atoms with Crippen LogP contribution in [0.1, 0.15) is 52.4 Å². The lowest BCUT2D eigenvalue weighted by atomic mass is 9.69. The SMILES string of the molecule is CC1(C)CCCC(C(N)CCC(=O)O)C1. The van der Waals surface area contributed by atoms with Crippen LogP contribution < -0.4 is 5.73 Å². The maximum Gasteiger partial charge on any atom is 0.303 e.